The molecule has 0 radical (unpaired) electrons. The minimum Gasteiger partial charge on any atom is -0.481 e. The van der Waals surface area contributed by atoms with Gasteiger partial charge in [0, 0.05) is 0 Å². The minimum absolute atomic E-state index is 0.234. The lowest BCUT2D eigenvalue weighted by Gasteiger charge is -2.12. The third kappa shape index (κ3) is 11.6. The monoisotopic (exact) mass is 308 g/mol. The smallest absolute Gasteiger partial charge is 0.306 e. The Morgan fingerprint density at radius 1 is 1.09 bits per heavy atom. The standard InChI is InChI=1S/C20H36O2/c1-6-16(2)10-7-11-17(3)12-8-13-18(4)14-9-15-19(5)20(21)22/h6,14,16-17,19H,1,7-13,15H2,2-5H3,(H,21,22)/b18-14+. The van der Waals surface area contributed by atoms with Gasteiger partial charge in [0.1, 0.15) is 0 Å². The van der Waals surface area contributed by atoms with Gasteiger partial charge in [0.05, 0.1) is 5.92 Å². The summed E-state index contributed by atoms with van der Waals surface area (Å²) in [6, 6.07) is 0. The first-order valence-electron chi connectivity index (χ1n) is 8.87. The third-order valence-electron chi connectivity index (χ3n) is 4.54. The molecule has 0 aromatic carbocycles. The Hall–Kier alpha value is -1.05. The van der Waals surface area contributed by atoms with Crippen LogP contribution in [0, 0.1) is 17.8 Å². The molecule has 0 aliphatic rings. The molecule has 0 rings (SSSR count). The van der Waals surface area contributed by atoms with Crippen molar-refractivity contribution in [3.05, 3.63) is 24.3 Å². The summed E-state index contributed by atoms with van der Waals surface area (Å²) in [7, 11) is 0. The highest BCUT2D eigenvalue weighted by Gasteiger charge is 2.09. The van der Waals surface area contributed by atoms with E-state index in [-0.39, 0.29) is 5.92 Å². The quantitative estimate of drug-likeness (QED) is 0.409. The fourth-order valence-electron chi connectivity index (χ4n) is 2.59. The van der Waals surface area contributed by atoms with E-state index in [1.807, 2.05) is 6.08 Å². The van der Waals surface area contributed by atoms with E-state index in [0.717, 1.165) is 25.2 Å². The highest BCUT2D eigenvalue weighted by atomic mass is 16.4. The summed E-state index contributed by atoms with van der Waals surface area (Å²) >= 11 is 0. The van der Waals surface area contributed by atoms with Crippen LogP contribution in [0.15, 0.2) is 24.3 Å². The minimum atomic E-state index is -0.689. The molecule has 0 bridgehead atoms. The Morgan fingerprint density at radius 3 is 2.32 bits per heavy atom. The Labute approximate surface area is 137 Å². The Bertz CT molecular complexity index is 344. The molecule has 22 heavy (non-hydrogen) atoms. The topological polar surface area (TPSA) is 37.3 Å². The van der Waals surface area contributed by atoms with Crippen LogP contribution in [0.1, 0.15) is 79.1 Å². The van der Waals surface area contributed by atoms with Gasteiger partial charge < -0.3 is 5.11 Å². The van der Waals surface area contributed by atoms with Gasteiger partial charge in [-0.1, -0.05) is 57.8 Å². The predicted octanol–water partition coefficient (Wildman–Crippen LogP) is 6.23. The van der Waals surface area contributed by atoms with Gasteiger partial charge in [0.25, 0.3) is 0 Å². The number of carboxylic acids is 1. The summed E-state index contributed by atoms with van der Waals surface area (Å²) in [5, 5.41) is 8.84. The number of carbonyl (C=O) groups is 1. The molecule has 0 spiro atoms. The van der Waals surface area contributed by atoms with Gasteiger partial charge in [-0.15, -0.1) is 6.58 Å². The van der Waals surface area contributed by atoms with Crippen LogP contribution in [0.4, 0.5) is 0 Å². The summed E-state index contributed by atoms with van der Waals surface area (Å²) in [6.45, 7) is 12.4. The second-order valence-corrected chi connectivity index (χ2v) is 7.01. The summed E-state index contributed by atoms with van der Waals surface area (Å²) < 4.78 is 0. The Morgan fingerprint density at radius 2 is 1.73 bits per heavy atom. The van der Waals surface area contributed by atoms with Gasteiger partial charge in [-0.05, 0) is 50.9 Å². The van der Waals surface area contributed by atoms with Crippen LogP contribution in [-0.2, 0) is 4.79 Å². The molecule has 0 aromatic rings. The van der Waals surface area contributed by atoms with Crippen molar-refractivity contribution < 1.29 is 9.90 Å². The highest BCUT2D eigenvalue weighted by molar-refractivity contribution is 5.69. The van der Waals surface area contributed by atoms with Gasteiger partial charge in [-0.25, -0.2) is 0 Å². The van der Waals surface area contributed by atoms with Gasteiger partial charge in [-0.3, -0.25) is 4.79 Å². The lowest BCUT2D eigenvalue weighted by molar-refractivity contribution is -0.141. The molecule has 0 saturated heterocycles. The summed E-state index contributed by atoms with van der Waals surface area (Å²) in [5.41, 5.74) is 1.41. The first-order valence-corrected chi connectivity index (χ1v) is 8.87. The molecular weight excluding hydrogens is 272 g/mol. The molecule has 0 aliphatic heterocycles. The van der Waals surface area contributed by atoms with Crippen LogP contribution in [0.3, 0.4) is 0 Å². The van der Waals surface area contributed by atoms with Crippen molar-refractivity contribution >= 4 is 5.97 Å². The number of rotatable bonds is 13. The molecular formula is C20H36O2. The molecule has 128 valence electrons. The van der Waals surface area contributed by atoms with Gasteiger partial charge >= 0.3 is 5.97 Å². The van der Waals surface area contributed by atoms with Crippen LogP contribution < -0.4 is 0 Å². The molecule has 3 atom stereocenters. The summed E-state index contributed by atoms with van der Waals surface area (Å²) in [5.74, 6) is 0.523. The van der Waals surface area contributed by atoms with Crippen molar-refractivity contribution in [3.8, 4) is 0 Å². The molecule has 0 heterocycles. The van der Waals surface area contributed by atoms with E-state index in [1.54, 1.807) is 6.92 Å². The number of hydrogen-bond donors (Lipinski definition) is 1. The van der Waals surface area contributed by atoms with Crippen LogP contribution in [0.2, 0.25) is 0 Å². The second-order valence-electron chi connectivity index (χ2n) is 7.01. The average molecular weight is 309 g/mol. The number of aliphatic carboxylic acids is 1. The van der Waals surface area contributed by atoms with Crippen LogP contribution in [0.5, 0.6) is 0 Å². The van der Waals surface area contributed by atoms with E-state index in [1.165, 1.54) is 37.7 Å². The first kappa shape index (κ1) is 20.9. The van der Waals surface area contributed by atoms with Crippen LogP contribution >= 0.6 is 0 Å². The lowest BCUT2D eigenvalue weighted by atomic mass is 9.94. The van der Waals surface area contributed by atoms with Crippen molar-refractivity contribution in [3.63, 3.8) is 0 Å². The van der Waals surface area contributed by atoms with Gasteiger partial charge in [0.15, 0.2) is 0 Å². The highest BCUT2D eigenvalue weighted by Crippen LogP contribution is 2.20. The summed E-state index contributed by atoms with van der Waals surface area (Å²) in [4.78, 5) is 10.7. The number of allylic oxidation sites excluding steroid dienone is 3. The zero-order chi connectivity index (χ0) is 17.0. The molecule has 0 amide bonds. The Balaban J connectivity index is 3.71. The van der Waals surface area contributed by atoms with E-state index in [0.29, 0.717) is 5.92 Å². The largest absolute Gasteiger partial charge is 0.481 e. The molecule has 0 fully saturated rings. The van der Waals surface area contributed by atoms with Crippen molar-refractivity contribution in [2.24, 2.45) is 17.8 Å². The zero-order valence-corrected chi connectivity index (χ0v) is 15.1. The molecule has 0 saturated carbocycles. The van der Waals surface area contributed by atoms with E-state index >= 15 is 0 Å². The zero-order valence-electron chi connectivity index (χ0n) is 15.1. The molecule has 0 aromatic heterocycles. The lowest BCUT2D eigenvalue weighted by Crippen LogP contribution is -2.08. The van der Waals surface area contributed by atoms with E-state index in [9.17, 15) is 4.79 Å². The number of hydrogen-bond acceptors (Lipinski definition) is 1. The number of carboxylic acid groups (broad SMARTS) is 1. The van der Waals surface area contributed by atoms with E-state index < -0.39 is 5.97 Å². The van der Waals surface area contributed by atoms with Crippen molar-refractivity contribution in [2.45, 2.75) is 79.1 Å². The molecule has 0 aliphatic carbocycles. The summed E-state index contributed by atoms with van der Waals surface area (Å²) in [6.07, 6.45) is 13.4. The van der Waals surface area contributed by atoms with Crippen molar-refractivity contribution in [1.82, 2.24) is 0 Å². The fourth-order valence-corrected chi connectivity index (χ4v) is 2.59. The first-order chi connectivity index (χ1) is 10.4. The van der Waals surface area contributed by atoms with Crippen LogP contribution in [-0.4, -0.2) is 11.1 Å². The maximum absolute atomic E-state index is 10.7. The van der Waals surface area contributed by atoms with Crippen molar-refractivity contribution in [2.75, 3.05) is 0 Å². The average Bonchev–Trinajstić information content (AvgIpc) is 2.46. The second kappa shape index (κ2) is 12.5. The molecule has 3 unspecified atom stereocenters. The third-order valence-corrected chi connectivity index (χ3v) is 4.54. The molecule has 2 heteroatoms. The van der Waals surface area contributed by atoms with Gasteiger partial charge in [-0.2, -0.15) is 0 Å². The fraction of sp³-hybridized carbons (Fsp3) is 0.750. The Kier molecular flexibility index (Phi) is 11.9. The maximum atomic E-state index is 10.7. The normalized spacial score (nSPS) is 16.1. The van der Waals surface area contributed by atoms with E-state index in [2.05, 4.69) is 33.4 Å². The molecule has 1 N–H and O–H groups in total. The maximum Gasteiger partial charge on any atom is 0.306 e. The molecule has 2 nitrogen and oxygen atoms in total. The SMILES string of the molecule is C=CC(C)CCCC(C)CCC/C(C)=C/CCC(C)C(=O)O. The van der Waals surface area contributed by atoms with E-state index in [4.69, 9.17) is 5.11 Å². The van der Waals surface area contributed by atoms with Gasteiger partial charge in [0.2, 0.25) is 0 Å². The van der Waals surface area contributed by atoms with Crippen molar-refractivity contribution in [1.29, 1.82) is 0 Å². The predicted molar refractivity (Wildman–Crippen MR) is 96.0 cm³/mol. The van der Waals surface area contributed by atoms with Crippen LogP contribution in [0.25, 0.3) is 0 Å².